The van der Waals surface area contributed by atoms with E-state index in [1.165, 1.54) is 11.3 Å². The summed E-state index contributed by atoms with van der Waals surface area (Å²) in [5.74, 6) is -0.146. The summed E-state index contributed by atoms with van der Waals surface area (Å²) in [6, 6.07) is 0. The van der Waals surface area contributed by atoms with Gasteiger partial charge in [0.05, 0.1) is 18.8 Å². The molecular weight excluding hydrogens is 292 g/mol. The van der Waals surface area contributed by atoms with Crippen LogP contribution in [-0.2, 0) is 10.3 Å². The molecule has 0 aliphatic carbocycles. The fourth-order valence-corrected chi connectivity index (χ4v) is 3.36. The Morgan fingerprint density at radius 3 is 2.76 bits per heavy atom. The maximum Gasteiger partial charge on any atom is 0.265 e. The first-order valence-electron chi connectivity index (χ1n) is 6.88. The molecule has 0 aromatic carbocycles. The second-order valence-corrected chi connectivity index (χ2v) is 7.01. The van der Waals surface area contributed by atoms with E-state index in [1.54, 1.807) is 18.9 Å². The van der Waals surface area contributed by atoms with Crippen molar-refractivity contribution in [1.29, 1.82) is 0 Å². The quantitative estimate of drug-likeness (QED) is 0.863. The average molecular weight is 314 g/mol. The molecule has 7 heteroatoms. The Balaban J connectivity index is 2.21. The highest BCUT2D eigenvalue weighted by Crippen LogP contribution is 2.32. The van der Waals surface area contributed by atoms with E-state index in [-0.39, 0.29) is 19.1 Å². The molecule has 1 aromatic rings. The lowest BCUT2D eigenvalue weighted by molar-refractivity contribution is -0.00452. The third kappa shape index (κ3) is 3.11. The molecule has 2 heterocycles. The Kier molecular flexibility index (Phi) is 4.39. The van der Waals surface area contributed by atoms with Crippen LogP contribution in [0.3, 0.4) is 0 Å². The number of aromatic nitrogens is 1. The topological polar surface area (TPSA) is 82.9 Å². The molecule has 2 rings (SSSR count). The fourth-order valence-electron chi connectivity index (χ4n) is 2.24. The average Bonchev–Trinajstić information content (AvgIpc) is 3.03. The summed E-state index contributed by atoms with van der Waals surface area (Å²) in [7, 11) is 1.61. The minimum Gasteiger partial charge on any atom is -0.393 e. The number of hydrogen-bond donors (Lipinski definition) is 2. The number of carbonyl (C=O) groups is 1. The number of aliphatic hydroxyl groups is 2. The van der Waals surface area contributed by atoms with Gasteiger partial charge in [0, 0.05) is 13.7 Å². The first-order chi connectivity index (χ1) is 9.72. The summed E-state index contributed by atoms with van der Waals surface area (Å²) in [5.41, 5.74) is -1.04. The Labute approximate surface area is 128 Å². The smallest absolute Gasteiger partial charge is 0.265 e. The third-order valence-electron chi connectivity index (χ3n) is 3.93. The summed E-state index contributed by atoms with van der Waals surface area (Å²) >= 11 is 1.32. The van der Waals surface area contributed by atoms with Gasteiger partial charge in [-0.05, 0) is 27.2 Å². The van der Waals surface area contributed by atoms with Gasteiger partial charge in [0.2, 0.25) is 0 Å². The lowest BCUT2D eigenvalue weighted by Crippen LogP contribution is -2.38. The molecule has 0 bridgehead atoms. The second kappa shape index (κ2) is 5.64. The third-order valence-corrected chi connectivity index (χ3v) is 5.38. The molecule has 2 N–H and O–H groups in total. The zero-order valence-electron chi connectivity index (χ0n) is 12.8. The van der Waals surface area contributed by atoms with Crippen LogP contribution in [0.1, 0.15) is 40.6 Å². The molecule has 118 valence electrons. The van der Waals surface area contributed by atoms with Gasteiger partial charge < -0.3 is 19.8 Å². The van der Waals surface area contributed by atoms with Gasteiger partial charge in [-0.3, -0.25) is 4.79 Å². The Morgan fingerprint density at radius 2 is 2.24 bits per heavy atom. The van der Waals surface area contributed by atoms with E-state index in [4.69, 9.17) is 4.74 Å². The van der Waals surface area contributed by atoms with E-state index < -0.39 is 11.2 Å². The van der Waals surface area contributed by atoms with Crippen LogP contribution in [0.2, 0.25) is 0 Å². The molecule has 1 amide bonds. The SMILES string of the molecule is COC(C)(C)c1nc(C)c(C(=O)N2CCC(O)(CO)C2)s1. The number of rotatable bonds is 4. The van der Waals surface area contributed by atoms with Gasteiger partial charge in [-0.2, -0.15) is 0 Å². The minimum atomic E-state index is -1.18. The lowest BCUT2D eigenvalue weighted by Gasteiger charge is -2.21. The highest BCUT2D eigenvalue weighted by atomic mass is 32.1. The number of hydrogen-bond acceptors (Lipinski definition) is 6. The van der Waals surface area contributed by atoms with Gasteiger partial charge in [-0.1, -0.05) is 0 Å². The number of thiazole rings is 1. The van der Waals surface area contributed by atoms with Gasteiger partial charge in [-0.25, -0.2) is 4.98 Å². The van der Waals surface area contributed by atoms with Crippen molar-refractivity contribution in [1.82, 2.24) is 9.88 Å². The van der Waals surface area contributed by atoms with Gasteiger partial charge in [-0.15, -0.1) is 11.3 Å². The van der Waals surface area contributed by atoms with Crippen LogP contribution >= 0.6 is 11.3 Å². The molecule has 0 radical (unpaired) electrons. The van der Waals surface area contributed by atoms with Crippen LogP contribution in [0, 0.1) is 6.92 Å². The summed E-state index contributed by atoms with van der Waals surface area (Å²) in [4.78, 5) is 19.1. The van der Waals surface area contributed by atoms with Crippen molar-refractivity contribution in [3.63, 3.8) is 0 Å². The second-order valence-electron chi connectivity index (χ2n) is 6.01. The van der Waals surface area contributed by atoms with Crippen LogP contribution in [0.4, 0.5) is 0 Å². The van der Waals surface area contributed by atoms with Gasteiger partial charge >= 0.3 is 0 Å². The summed E-state index contributed by atoms with van der Waals surface area (Å²) < 4.78 is 5.40. The van der Waals surface area contributed by atoms with E-state index in [9.17, 15) is 15.0 Å². The van der Waals surface area contributed by atoms with E-state index in [1.807, 2.05) is 13.8 Å². The van der Waals surface area contributed by atoms with Crippen LogP contribution in [0.15, 0.2) is 0 Å². The molecular formula is C14H22N2O4S. The number of nitrogens with zero attached hydrogens (tertiary/aromatic N) is 2. The summed E-state index contributed by atoms with van der Waals surface area (Å²) in [5, 5.41) is 20.0. The predicted octanol–water partition coefficient (Wildman–Crippen LogP) is 0.902. The van der Waals surface area contributed by atoms with E-state index >= 15 is 0 Å². The number of amides is 1. The van der Waals surface area contributed by atoms with E-state index in [0.717, 1.165) is 5.01 Å². The molecule has 21 heavy (non-hydrogen) atoms. The number of carbonyl (C=O) groups excluding carboxylic acids is 1. The molecule has 6 nitrogen and oxygen atoms in total. The Morgan fingerprint density at radius 1 is 1.57 bits per heavy atom. The zero-order valence-corrected chi connectivity index (χ0v) is 13.7. The van der Waals surface area contributed by atoms with Gasteiger partial charge in [0.15, 0.2) is 0 Å². The number of β-amino-alcohol motifs (C(OH)–C–C–N with tert-alkyl or cyclic N) is 1. The Hall–Kier alpha value is -1.02. The van der Waals surface area contributed by atoms with Crippen molar-refractivity contribution in [2.24, 2.45) is 0 Å². The number of likely N-dealkylation sites (tertiary alicyclic amines) is 1. The standard InChI is InChI=1S/C14H22N2O4S/c1-9-10(21-12(15-9)13(2,3)20-4)11(18)16-6-5-14(19,7-16)8-17/h17,19H,5-8H2,1-4H3. The van der Waals surface area contributed by atoms with Crippen LogP contribution in [-0.4, -0.2) is 58.4 Å². The fraction of sp³-hybridized carbons (Fsp3) is 0.714. The maximum absolute atomic E-state index is 12.6. The number of aliphatic hydroxyl groups excluding tert-OH is 1. The molecule has 1 atom stereocenters. The largest absolute Gasteiger partial charge is 0.393 e. The van der Waals surface area contributed by atoms with E-state index in [2.05, 4.69) is 4.98 Å². The molecule has 1 aliphatic rings. The van der Waals surface area contributed by atoms with Crippen molar-refractivity contribution in [2.75, 3.05) is 26.8 Å². The lowest BCUT2D eigenvalue weighted by atomic mass is 10.1. The molecule has 1 aromatic heterocycles. The van der Waals surface area contributed by atoms with Crippen molar-refractivity contribution < 1.29 is 19.7 Å². The normalized spacial score (nSPS) is 22.9. The van der Waals surface area contributed by atoms with Crippen LogP contribution in [0.5, 0.6) is 0 Å². The highest BCUT2D eigenvalue weighted by molar-refractivity contribution is 7.14. The molecule has 1 saturated heterocycles. The maximum atomic E-state index is 12.6. The molecule has 0 spiro atoms. The van der Waals surface area contributed by atoms with Crippen molar-refractivity contribution in [3.8, 4) is 0 Å². The Bertz CT molecular complexity index is 543. The molecule has 0 saturated carbocycles. The first-order valence-corrected chi connectivity index (χ1v) is 7.70. The van der Waals surface area contributed by atoms with E-state index in [0.29, 0.717) is 23.5 Å². The number of ether oxygens (including phenoxy) is 1. The highest BCUT2D eigenvalue weighted by Gasteiger charge is 2.39. The molecule has 1 unspecified atom stereocenters. The molecule has 1 fully saturated rings. The van der Waals surface area contributed by atoms with Gasteiger partial charge in [0.1, 0.15) is 21.1 Å². The summed E-state index contributed by atoms with van der Waals surface area (Å²) in [6.07, 6.45) is 0.392. The zero-order chi connectivity index (χ0) is 15.8. The number of aryl methyl sites for hydroxylation is 1. The van der Waals surface area contributed by atoms with Crippen LogP contribution < -0.4 is 0 Å². The van der Waals surface area contributed by atoms with Crippen molar-refractivity contribution in [2.45, 2.75) is 38.4 Å². The monoisotopic (exact) mass is 314 g/mol. The van der Waals surface area contributed by atoms with Crippen molar-refractivity contribution >= 4 is 17.2 Å². The van der Waals surface area contributed by atoms with Crippen molar-refractivity contribution in [3.05, 3.63) is 15.6 Å². The number of methoxy groups -OCH3 is 1. The first kappa shape index (κ1) is 16.4. The van der Waals surface area contributed by atoms with Crippen LogP contribution in [0.25, 0.3) is 0 Å². The minimum absolute atomic E-state index is 0.146. The predicted molar refractivity (Wildman–Crippen MR) is 79.4 cm³/mol. The molecule has 1 aliphatic heterocycles. The van der Waals surface area contributed by atoms with Gasteiger partial charge in [0.25, 0.3) is 5.91 Å². The summed E-state index contributed by atoms with van der Waals surface area (Å²) in [6.45, 7) is 5.87.